The fraction of sp³-hybridized carbons (Fsp3) is 0.700. The number of carboxylic acids is 2. The highest BCUT2D eigenvalue weighted by molar-refractivity contribution is 7.15. The Hall–Kier alpha value is -1.27. The number of ether oxygens (including phenoxy) is 1. The molecule has 27 heavy (non-hydrogen) atoms. The van der Waals surface area contributed by atoms with Gasteiger partial charge in [0.25, 0.3) is 0 Å². The summed E-state index contributed by atoms with van der Waals surface area (Å²) in [5.74, 6) is -1.44. The lowest BCUT2D eigenvalue weighted by Crippen LogP contribution is -2.16. The molecule has 1 saturated carbocycles. The Morgan fingerprint density at radius 1 is 1.19 bits per heavy atom. The molecular formula is C20H29ClO5S. The Morgan fingerprint density at radius 3 is 2.48 bits per heavy atom. The summed E-state index contributed by atoms with van der Waals surface area (Å²) in [6.45, 7) is 6.27. The van der Waals surface area contributed by atoms with E-state index in [-0.39, 0.29) is 27.0 Å². The first-order chi connectivity index (χ1) is 12.6. The van der Waals surface area contributed by atoms with Crippen LogP contribution in [0, 0.1) is 11.3 Å². The molecule has 5 nitrogen and oxygen atoms in total. The number of aromatic carboxylic acids is 1. The van der Waals surface area contributed by atoms with Crippen molar-refractivity contribution in [3.05, 3.63) is 14.8 Å². The van der Waals surface area contributed by atoms with Gasteiger partial charge in [0.05, 0.1) is 5.02 Å². The zero-order chi connectivity index (χ0) is 20.2. The summed E-state index contributed by atoms with van der Waals surface area (Å²) in [6.07, 6.45) is 7.61. The molecule has 0 aliphatic heterocycles. The van der Waals surface area contributed by atoms with Gasteiger partial charge >= 0.3 is 11.9 Å². The van der Waals surface area contributed by atoms with E-state index in [0.29, 0.717) is 5.92 Å². The standard InChI is InChI=1S/C20H29ClO5S/c1-12-5-4-6-13(8-10-20(2,3)9-7-12)17-15(21)16(26-11-14(22)23)18(27-17)19(24)25/h12-13H,4-11H2,1-3H3,(H,22,23)(H,24,25). The zero-order valence-corrected chi connectivity index (χ0v) is 17.8. The highest BCUT2D eigenvalue weighted by Gasteiger charge is 2.30. The van der Waals surface area contributed by atoms with E-state index in [1.165, 1.54) is 12.8 Å². The number of hydrogen-bond acceptors (Lipinski definition) is 4. The summed E-state index contributed by atoms with van der Waals surface area (Å²) in [5.41, 5.74) is 0.242. The second kappa shape index (κ2) is 9.28. The first-order valence-electron chi connectivity index (χ1n) is 9.51. The lowest BCUT2D eigenvalue weighted by atomic mass is 9.76. The summed E-state index contributed by atoms with van der Waals surface area (Å²) in [5, 5.41) is 18.6. The molecule has 7 heteroatoms. The van der Waals surface area contributed by atoms with Crippen molar-refractivity contribution < 1.29 is 24.5 Å². The van der Waals surface area contributed by atoms with E-state index < -0.39 is 18.5 Å². The molecule has 0 amide bonds. The fourth-order valence-electron chi connectivity index (χ4n) is 3.67. The minimum atomic E-state index is -1.16. The molecular weight excluding hydrogens is 388 g/mol. The lowest BCUT2D eigenvalue weighted by molar-refractivity contribution is -0.139. The van der Waals surface area contributed by atoms with Crippen LogP contribution in [-0.4, -0.2) is 28.8 Å². The normalized spacial score (nSPS) is 23.6. The predicted molar refractivity (Wildman–Crippen MR) is 107 cm³/mol. The van der Waals surface area contributed by atoms with Crippen molar-refractivity contribution in [1.29, 1.82) is 0 Å². The molecule has 2 unspecified atom stereocenters. The minimum Gasteiger partial charge on any atom is -0.479 e. The second-order valence-corrected chi connectivity index (χ2v) is 9.83. The first kappa shape index (κ1) is 22.0. The Labute approximate surface area is 169 Å². The Bertz CT molecular complexity index is 682. The van der Waals surface area contributed by atoms with Crippen LogP contribution in [0.5, 0.6) is 5.75 Å². The zero-order valence-electron chi connectivity index (χ0n) is 16.2. The van der Waals surface area contributed by atoms with Crippen molar-refractivity contribution in [2.24, 2.45) is 11.3 Å². The third-order valence-corrected chi connectivity index (χ3v) is 7.28. The van der Waals surface area contributed by atoms with Crippen LogP contribution in [0.15, 0.2) is 0 Å². The maximum atomic E-state index is 11.6. The van der Waals surface area contributed by atoms with Crippen LogP contribution in [0.25, 0.3) is 0 Å². The smallest absolute Gasteiger partial charge is 0.349 e. The Balaban J connectivity index is 2.31. The van der Waals surface area contributed by atoms with Gasteiger partial charge < -0.3 is 14.9 Å². The molecule has 0 radical (unpaired) electrons. The number of hydrogen-bond donors (Lipinski definition) is 2. The molecule has 0 saturated heterocycles. The molecule has 0 spiro atoms. The third-order valence-electron chi connectivity index (χ3n) is 5.47. The van der Waals surface area contributed by atoms with Gasteiger partial charge in [-0.25, -0.2) is 9.59 Å². The largest absolute Gasteiger partial charge is 0.479 e. The molecule has 0 bridgehead atoms. The van der Waals surface area contributed by atoms with Crippen molar-refractivity contribution in [1.82, 2.24) is 0 Å². The number of carboxylic acid groups (broad SMARTS) is 2. The monoisotopic (exact) mass is 416 g/mol. The van der Waals surface area contributed by atoms with Crippen LogP contribution < -0.4 is 4.74 Å². The van der Waals surface area contributed by atoms with Gasteiger partial charge in [-0.05, 0) is 42.9 Å². The van der Waals surface area contributed by atoms with Crippen LogP contribution in [0.1, 0.15) is 86.2 Å². The number of carbonyl (C=O) groups is 2. The van der Waals surface area contributed by atoms with Crippen LogP contribution >= 0.6 is 22.9 Å². The van der Waals surface area contributed by atoms with E-state index in [9.17, 15) is 14.7 Å². The van der Waals surface area contributed by atoms with Crippen LogP contribution in [-0.2, 0) is 4.79 Å². The molecule has 2 atom stereocenters. The lowest BCUT2D eigenvalue weighted by Gasteiger charge is -2.30. The summed E-state index contributed by atoms with van der Waals surface area (Å²) in [6, 6.07) is 0. The van der Waals surface area contributed by atoms with Crippen LogP contribution in [0.4, 0.5) is 0 Å². The molecule has 1 aromatic rings. The second-order valence-electron chi connectivity index (χ2n) is 8.40. The average Bonchev–Trinajstić information content (AvgIpc) is 2.91. The van der Waals surface area contributed by atoms with Gasteiger partial charge in [-0.1, -0.05) is 51.6 Å². The first-order valence-corrected chi connectivity index (χ1v) is 10.7. The third kappa shape index (κ3) is 6.11. The Morgan fingerprint density at radius 2 is 1.85 bits per heavy atom. The molecule has 1 aliphatic rings. The summed E-state index contributed by atoms with van der Waals surface area (Å²) >= 11 is 7.62. The van der Waals surface area contributed by atoms with Gasteiger partial charge in [-0.3, -0.25) is 0 Å². The van der Waals surface area contributed by atoms with Crippen molar-refractivity contribution in [3.8, 4) is 5.75 Å². The summed E-state index contributed by atoms with van der Waals surface area (Å²) in [4.78, 5) is 23.2. The number of halogens is 1. The van der Waals surface area contributed by atoms with Gasteiger partial charge in [0.15, 0.2) is 17.2 Å². The maximum Gasteiger partial charge on any atom is 0.349 e. The number of rotatable bonds is 5. The van der Waals surface area contributed by atoms with Gasteiger partial charge in [-0.2, -0.15) is 0 Å². The van der Waals surface area contributed by atoms with Crippen LogP contribution in [0.2, 0.25) is 5.02 Å². The molecule has 0 aromatic carbocycles. The maximum absolute atomic E-state index is 11.6. The summed E-state index contributed by atoms with van der Waals surface area (Å²) < 4.78 is 5.22. The van der Waals surface area contributed by atoms with E-state index in [4.69, 9.17) is 21.4 Å². The highest BCUT2D eigenvalue weighted by atomic mass is 35.5. The van der Waals surface area contributed by atoms with E-state index >= 15 is 0 Å². The molecule has 1 aromatic heterocycles. The number of aliphatic carboxylic acids is 1. The quantitative estimate of drug-likeness (QED) is 0.609. The van der Waals surface area contributed by atoms with Crippen molar-refractivity contribution in [2.45, 2.75) is 71.6 Å². The molecule has 2 N–H and O–H groups in total. The average molecular weight is 417 g/mol. The number of thiophene rings is 1. The van der Waals surface area contributed by atoms with Gasteiger partial charge in [0.2, 0.25) is 0 Å². The van der Waals surface area contributed by atoms with Crippen molar-refractivity contribution >= 4 is 34.9 Å². The predicted octanol–water partition coefficient (Wildman–Crippen LogP) is 6.05. The molecule has 152 valence electrons. The van der Waals surface area contributed by atoms with Gasteiger partial charge in [-0.15, -0.1) is 11.3 Å². The van der Waals surface area contributed by atoms with Crippen LogP contribution in [0.3, 0.4) is 0 Å². The van der Waals surface area contributed by atoms with Gasteiger partial charge in [0.1, 0.15) is 0 Å². The molecule has 1 aliphatic carbocycles. The summed E-state index contributed by atoms with van der Waals surface area (Å²) in [7, 11) is 0. The van der Waals surface area contributed by atoms with E-state index in [2.05, 4.69) is 20.8 Å². The van der Waals surface area contributed by atoms with E-state index in [1.807, 2.05) is 0 Å². The molecule has 1 fully saturated rings. The molecule has 1 heterocycles. The highest BCUT2D eigenvalue weighted by Crippen LogP contribution is 2.47. The van der Waals surface area contributed by atoms with Crippen molar-refractivity contribution in [2.75, 3.05) is 6.61 Å². The van der Waals surface area contributed by atoms with E-state index in [0.717, 1.165) is 48.3 Å². The topological polar surface area (TPSA) is 83.8 Å². The van der Waals surface area contributed by atoms with E-state index in [1.54, 1.807) is 0 Å². The SMILES string of the molecule is CC1CCCC(c2sc(C(=O)O)c(OCC(=O)O)c2Cl)CCC(C)(C)CC1. The molecule has 2 rings (SSSR count). The fourth-order valence-corrected chi connectivity index (χ4v) is 5.29. The Kier molecular flexibility index (Phi) is 7.57. The minimum absolute atomic E-state index is 0.00344. The van der Waals surface area contributed by atoms with Gasteiger partial charge in [0, 0.05) is 4.88 Å². The van der Waals surface area contributed by atoms with Crippen molar-refractivity contribution in [3.63, 3.8) is 0 Å².